The third-order valence-corrected chi connectivity index (χ3v) is 3.35. The standard InChI is InChI=1S/C13H19N3O3/c1-3-19-11-5-9(14)12(11)16-13(18)8-6-15-7(2)4-10(8)17/h4,6,9,11-12H,3,5,14H2,1-2H3,(H,15,17)(H,16,18). The first kappa shape index (κ1) is 13.8. The summed E-state index contributed by atoms with van der Waals surface area (Å²) in [5, 5.41) is 2.77. The van der Waals surface area contributed by atoms with Crippen LogP contribution in [-0.4, -0.2) is 35.7 Å². The molecule has 6 nitrogen and oxygen atoms in total. The molecule has 1 aliphatic carbocycles. The van der Waals surface area contributed by atoms with Crippen LogP contribution in [0, 0.1) is 6.92 Å². The number of rotatable bonds is 4. The molecule has 1 heterocycles. The van der Waals surface area contributed by atoms with Crippen LogP contribution >= 0.6 is 0 Å². The first-order chi connectivity index (χ1) is 9.02. The van der Waals surface area contributed by atoms with Crippen LogP contribution < -0.4 is 16.5 Å². The number of hydrogen-bond donors (Lipinski definition) is 3. The average molecular weight is 265 g/mol. The van der Waals surface area contributed by atoms with Crippen LogP contribution in [0.2, 0.25) is 0 Å². The molecule has 19 heavy (non-hydrogen) atoms. The van der Waals surface area contributed by atoms with Gasteiger partial charge in [0.2, 0.25) is 0 Å². The highest BCUT2D eigenvalue weighted by molar-refractivity contribution is 5.94. The normalized spacial score (nSPS) is 25.7. The second kappa shape index (κ2) is 5.54. The molecule has 0 aliphatic heterocycles. The summed E-state index contributed by atoms with van der Waals surface area (Å²) in [7, 11) is 0. The number of aromatic nitrogens is 1. The topological polar surface area (TPSA) is 97.2 Å². The number of H-pyrrole nitrogens is 1. The van der Waals surface area contributed by atoms with Gasteiger partial charge >= 0.3 is 0 Å². The number of hydrogen-bond acceptors (Lipinski definition) is 4. The Bertz CT molecular complexity index is 524. The fraction of sp³-hybridized carbons (Fsp3) is 0.538. The highest BCUT2D eigenvalue weighted by atomic mass is 16.5. The van der Waals surface area contributed by atoms with Crippen molar-refractivity contribution in [2.75, 3.05) is 6.61 Å². The van der Waals surface area contributed by atoms with E-state index in [1.54, 1.807) is 6.92 Å². The maximum absolute atomic E-state index is 12.0. The Kier molecular flexibility index (Phi) is 4.01. The molecule has 0 aromatic carbocycles. The number of nitrogens with one attached hydrogen (secondary N) is 2. The summed E-state index contributed by atoms with van der Waals surface area (Å²) >= 11 is 0. The Morgan fingerprint density at radius 2 is 2.37 bits per heavy atom. The maximum atomic E-state index is 12.0. The molecular formula is C13H19N3O3. The zero-order chi connectivity index (χ0) is 14.0. The minimum absolute atomic E-state index is 0.0616. The van der Waals surface area contributed by atoms with Gasteiger partial charge in [-0.25, -0.2) is 0 Å². The maximum Gasteiger partial charge on any atom is 0.257 e. The number of carbonyl (C=O) groups excluding carboxylic acids is 1. The van der Waals surface area contributed by atoms with Crippen molar-refractivity contribution in [3.8, 4) is 0 Å². The molecule has 104 valence electrons. The molecule has 3 unspecified atom stereocenters. The summed E-state index contributed by atoms with van der Waals surface area (Å²) in [4.78, 5) is 26.6. The summed E-state index contributed by atoms with van der Waals surface area (Å²) in [5.41, 5.74) is 6.37. The molecule has 0 spiro atoms. The number of carbonyl (C=O) groups is 1. The molecular weight excluding hydrogens is 246 g/mol. The zero-order valence-corrected chi connectivity index (χ0v) is 11.1. The molecule has 1 aliphatic rings. The van der Waals surface area contributed by atoms with E-state index in [-0.39, 0.29) is 29.2 Å². The molecule has 4 N–H and O–H groups in total. The summed E-state index contributed by atoms with van der Waals surface area (Å²) in [6.45, 7) is 4.23. The van der Waals surface area contributed by atoms with Crippen LogP contribution in [0.5, 0.6) is 0 Å². The Hall–Kier alpha value is -1.66. The van der Waals surface area contributed by atoms with E-state index in [1.165, 1.54) is 12.3 Å². The summed E-state index contributed by atoms with van der Waals surface area (Å²) in [6, 6.07) is 1.05. The Labute approximate surface area is 111 Å². The van der Waals surface area contributed by atoms with Gasteiger partial charge in [0.1, 0.15) is 5.56 Å². The zero-order valence-electron chi connectivity index (χ0n) is 11.1. The van der Waals surface area contributed by atoms with E-state index >= 15 is 0 Å². The molecule has 3 atom stereocenters. The van der Waals surface area contributed by atoms with Gasteiger partial charge in [-0.05, 0) is 20.3 Å². The second-order valence-corrected chi connectivity index (χ2v) is 4.79. The predicted octanol–water partition coefficient (Wildman–Crippen LogP) is -0.0822. The van der Waals surface area contributed by atoms with Crippen LogP contribution in [-0.2, 0) is 4.74 Å². The van der Waals surface area contributed by atoms with Crippen molar-refractivity contribution in [2.24, 2.45) is 5.73 Å². The van der Waals surface area contributed by atoms with Gasteiger partial charge in [-0.3, -0.25) is 9.59 Å². The van der Waals surface area contributed by atoms with E-state index in [1.807, 2.05) is 6.92 Å². The van der Waals surface area contributed by atoms with Crippen molar-refractivity contribution in [3.05, 3.63) is 33.7 Å². The minimum atomic E-state index is -0.411. The van der Waals surface area contributed by atoms with Crippen molar-refractivity contribution in [1.82, 2.24) is 10.3 Å². The van der Waals surface area contributed by atoms with Gasteiger partial charge in [0.25, 0.3) is 5.91 Å². The van der Waals surface area contributed by atoms with Crippen molar-refractivity contribution in [3.63, 3.8) is 0 Å². The molecule has 0 radical (unpaired) electrons. The van der Waals surface area contributed by atoms with Crippen molar-refractivity contribution < 1.29 is 9.53 Å². The van der Waals surface area contributed by atoms with E-state index in [4.69, 9.17) is 10.5 Å². The Balaban J connectivity index is 2.06. The number of ether oxygens (including phenoxy) is 1. The SMILES string of the molecule is CCOC1CC(N)C1NC(=O)c1c[nH]c(C)cc1=O. The van der Waals surface area contributed by atoms with Gasteiger partial charge in [0.15, 0.2) is 5.43 Å². The molecule has 1 saturated carbocycles. The number of nitrogens with two attached hydrogens (primary N) is 1. The first-order valence-corrected chi connectivity index (χ1v) is 6.40. The Morgan fingerprint density at radius 3 is 2.95 bits per heavy atom. The number of amides is 1. The van der Waals surface area contributed by atoms with Crippen LogP contribution in [0.15, 0.2) is 17.1 Å². The molecule has 0 bridgehead atoms. The molecule has 1 aromatic heterocycles. The lowest BCUT2D eigenvalue weighted by Gasteiger charge is -2.42. The average Bonchev–Trinajstić information content (AvgIpc) is 2.35. The largest absolute Gasteiger partial charge is 0.376 e. The van der Waals surface area contributed by atoms with Crippen LogP contribution in [0.1, 0.15) is 29.4 Å². The Morgan fingerprint density at radius 1 is 1.63 bits per heavy atom. The van der Waals surface area contributed by atoms with E-state index in [9.17, 15) is 9.59 Å². The van der Waals surface area contributed by atoms with Crippen LogP contribution in [0.4, 0.5) is 0 Å². The molecule has 1 amide bonds. The van der Waals surface area contributed by atoms with Gasteiger partial charge in [0, 0.05) is 30.6 Å². The van der Waals surface area contributed by atoms with Gasteiger partial charge < -0.3 is 20.8 Å². The van der Waals surface area contributed by atoms with E-state index in [2.05, 4.69) is 10.3 Å². The van der Waals surface area contributed by atoms with Gasteiger partial charge in [0.05, 0.1) is 12.1 Å². The van der Waals surface area contributed by atoms with Gasteiger partial charge in [-0.2, -0.15) is 0 Å². The first-order valence-electron chi connectivity index (χ1n) is 6.40. The summed E-state index contributed by atoms with van der Waals surface area (Å²) < 4.78 is 5.47. The van der Waals surface area contributed by atoms with Crippen LogP contribution in [0.25, 0.3) is 0 Å². The number of aromatic amines is 1. The fourth-order valence-corrected chi connectivity index (χ4v) is 2.21. The van der Waals surface area contributed by atoms with E-state index < -0.39 is 5.91 Å². The molecule has 1 fully saturated rings. The highest BCUT2D eigenvalue weighted by Gasteiger charge is 2.40. The molecule has 0 saturated heterocycles. The smallest absolute Gasteiger partial charge is 0.257 e. The minimum Gasteiger partial charge on any atom is -0.376 e. The monoisotopic (exact) mass is 265 g/mol. The third kappa shape index (κ3) is 2.85. The molecule has 2 rings (SSSR count). The second-order valence-electron chi connectivity index (χ2n) is 4.79. The van der Waals surface area contributed by atoms with E-state index in [0.29, 0.717) is 12.3 Å². The van der Waals surface area contributed by atoms with Crippen molar-refractivity contribution >= 4 is 5.91 Å². The lowest BCUT2D eigenvalue weighted by molar-refractivity contribution is -0.0300. The summed E-state index contributed by atoms with van der Waals surface area (Å²) in [5.74, 6) is -0.411. The lowest BCUT2D eigenvalue weighted by atomic mass is 9.83. The molecule has 1 aromatic rings. The third-order valence-electron chi connectivity index (χ3n) is 3.35. The lowest BCUT2D eigenvalue weighted by Crippen LogP contribution is -2.65. The van der Waals surface area contributed by atoms with Gasteiger partial charge in [-0.15, -0.1) is 0 Å². The van der Waals surface area contributed by atoms with Crippen LogP contribution in [0.3, 0.4) is 0 Å². The fourth-order valence-electron chi connectivity index (χ4n) is 2.21. The van der Waals surface area contributed by atoms with Crippen molar-refractivity contribution in [2.45, 2.75) is 38.5 Å². The number of pyridine rings is 1. The van der Waals surface area contributed by atoms with Gasteiger partial charge in [-0.1, -0.05) is 0 Å². The number of aryl methyl sites for hydroxylation is 1. The predicted molar refractivity (Wildman–Crippen MR) is 71.1 cm³/mol. The molecule has 6 heteroatoms. The van der Waals surface area contributed by atoms with Crippen molar-refractivity contribution in [1.29, 1.82) is 0 Å². The quantitative estimate of drug-likeness (QED) is 0.709. The summed E-state index contributed by atoms with van der Waals surface area (Å²) in [6.07, 6.45) is 2.09. The highest BCUT2D eigenvalue weighted by Crippen LogP contribution is 2.22. The van der Waals surface area contributed by atoms with E-state index in [0.717, 1.165) is 6.42 Å².